The minimum Gasteiger partial charge on any atom is -0.351 e. The lowest BCUT2D eigenvalue weighted by molar-refractivity contribution is 0.0951. The van der Waals surface area contributed by atoms with Gasteiger partial charge in [0, 0.05) is 36.0 Å². The number of hydrogen-bond donors (Lipinski definition) is 2. The molecular weight excluding hydrogens is 328 g/mol. The third-order valence-electron chi connectivity index (χ3n) is 4.09. The summed E-state index contributed by atoms with van der Waals surface area (Å²) in [5.41, 5.74) is 1.97. The number of benzene rings is 2. The third-order valence-corrected chi connectivity index (χ3v) is 4.09. The van der Waals surface area contributed by atoms with Gasteiger partial charge in [0.2, 0.25) is 0 Å². The highest BCUT2D eigenvalue weighted by Gasteiger charge is 2.08. The zero-order valence-corrected chi connectivity index (χ0v) is 15.2. The summed E-state index contributed by atoms with van der Waals surface area (Å²) in [6.07, 6.45) is 0. The van der Waals surface area contributed by atoms with Crippen molar-refractivity contribution in [3.05, 3.63) is 64.1 Å². The number of H-pyrrole nitrogens is 1. The maximum atomic E-state index is 12.3. The van der Waals surface area contributed by atoms with Crippen molar-refractivity contribution in [2.45, 2.75) is 6.92 Å². The predicted molar refractivity (Wildman–Crippen MR) is 103 cm³/mol. The Morgan fingerprint density at radius 3 is 2.58 bits per heavy atom. The third kappa shape index (κ3) is 4.15. The standard InChI is InChI=1S/C20H22N4O2/c1-13-10-18(25)23-19(22-13)16-6-4-15-12-17(7-5-14(15)11-16)20(26)21-8-9-24(2)3/h4-7,10-12H,8-9H2,1-3H3,(H,21,26)(H,22,23,25). The van der Waals surface area contributed by atoms with Gasteiger partial charge in [-0.2, -0.15) is 0 Å². The molecule has 1 heterocycles. The summed E-state index contributed by atoms with van der Waals surface area (Å²) < 4.78 is 0. The van der Waals surface area contributed by atoms with Crippen LogP contribution in [0.4, 0.5) is 0 Å². The highest BCUT2D eigenvalue weighted by molar-refractivity contribution is 5.99. The number of nitrogens with zero attached hydrogens (tertiary/aromatic N) is 2. The van der Waals surface area contributed by atoms with Gasteiger partial charge in [0.1, 0.15) is 5.82 Å². The summed E-state index contributed by atoms with van der Waals surface area (Å²) in [6, 6.07) is 12.8. The van der Waals surface area contributed by atoms with E-state index in [1.165, 1.54) is 6.07 Å². The molecule has 134 valence electrons. The molecule has 0 aliphatic heterocycles. The second-order valence-electron chi connectivity index (χ2n) is 6.57. The van der Waals surface area contributed by atoms with Gasteiger partial charge in [0.15, 0.2) is 0 Å². The Morgan fingerprint density at radius 2 is 1.85 bits per heavy atom. The largest absolute Gasteiger partial charge is 0.351 e. The predicted octanol–water partition coefficient (Wildman–Crippen LogP) is 2.19. The van der Waals surface area contributed by atoms with Crippen molar-refractivity contribution in [2.75, 3.05) is 27.2 Å². The molecule has 0 aliphatic carbocycles. The van der Waals surface area contributed by atoms with Crippen molar-refractivity contribution in [1.82, 2.24) is 20.2 Å². The molecule has 3 aromatic rings. The average molecular weight is 350 g/mol. The van der Waals surface area contributed by atoms with Crippen LogP contribution in [0.2, 0.25) is 0 Å². The van der Waals surface area contributed by atoms with Crippen LogP contribution in [0.25, 0.3) is 22.2 Å². The summed E-state index contributed by atoms with van der Waals surface area (Å²) in [7, 11) is 3.94. The molecule has 0 radical (unpaired) electrons. The van der Waals surface area contributed by atoms with E-state index in [0.29, 0.717) is 23.6 Å². The molecule has 1 amide bonds. The van der Waals surface area contributed by atoms with Crippen LogP contribution in [0.3, 0.4) is 0 Å². The van der Waals surface area contributed by atoms with Crippen LogP contribution in [0.15, 0.2) is 47.3 Å². The number of likely N-dealkylation sites (N-methyl/N-ethyl adjacent to an activating group) is 1. The van der Waals surface area contributed by atoms with Crippen molar-refractivity contribution in [3.63, 3.8) is 0 Å². The Morgan fingerprint density at radius 1 is 1.12 bits per heavy atom. The van der Waals surface area contributed by atoms with E-state index in [2.05, 4.69) is 15.3 Å². The molecule has 6 nitrogen and oxygen atoms in total. The van der Waals surface area contributed by atoms with Gasteiger partial charge in [-0.15, -0.1) is 0 Å². The number of aromatic nitrogens is 2. The van der Waals surface area contributed by atoms with Crippen LogP contribution in [-0.2, 0) is 0 Å². The molecule has 0 fully saturated rings. The Bertz CT molecular complexity index is 1010. The van der Waals surface area contributed by atoms with Gasteiger partial charge < -0.3 is 15.2 Å². The first-order valence-electron chi connectivity index (χ1n) is 8.47. The topological polar surface area (TPSA) is 78.1 Å². The van der Waals surface area contributed by atoms with E-state index < -0.39 is 0 Å². The maximum Gasteiger partial charge on any atom is 0.251 e. The van der Waals surface area contributed by atoms with E-state index in [0.717, 1.165) is 22.9 Å². The van der Waals surface area contributed by atoms with Crippen LogP contribution in [0, 0.1) is 6.92 Å². The number of aromatic amines is 1. The van der Waals surface area contributed by atoms with E-state index in [1.807, 2.05) is 55.4 Å². The lowest BCUT2D eigenvalue weighted by Crippen LogP contribution is -2.31. The van der Waals surface area contributed by atoms with Crippen molar-refractivity contribution >= 4 is 16.7 Å². The fraction of sp³-hybridized carbons (Fsp3) is 0.250. The maximum absolute atomic E-state index is 12.3. The number of nitrogens with one attached hydrogen (secondary N) is 2. The summed E-state index contributed by atoms with van der Waals surface area (Å²) in [5, 5.41) is 4.86. The van der Waals surface area contributed by atoms with Crippen molar-refractivity contribution in [3.8, 4) is 11.4 Å². The number of carbonyl (C=O) groups excluding carboxylic acids is 1. The quantitative estimate of drug-likeness (QED) is 0.739. The van der Waals surface area contributed by atoms with Gasteiger partial charge in [0.25, 0.3) is 11.5 Å². The highest BCUT2D eigenvalue weighted by atomic mass is 16.1. The number of carbonyl (C=O) groups is 1. The van der Waals surface area contributed by atoms with Crippen LogP contribution in [0.1, 0.15) is 16.1 Å². The fourth-order valence-corrected chi connectivity index (χ4v) is 2.75. The molecule has 0 unspecified atom stereocenters. The minimum absolute atomic E-state index is 0.0810. The number of amides is 1. The van der Waals surface area contributed by atoms with Crippen molar-refractivity contribution in [1.29, 1.82) is 0 Å². The molecule has 0 bridgehead atoms. The van der Waals surface area contributed by atoms with Gasteiger partial charge in [-0.25, -0.2) is 4.98 Å². The molecule has 6 heteroatoms. The lowest BCUT2D eigenvalue weighted by atomic mass is 10.0. The molecule has 2 aromatic carbocycles. The van der Waals surface area contributed by atoms with E-state index in [1.54, 1.807) is 6.92 Å². The van der Waals surface area contributed by atoms with E-state index >= 15 is 0 Å². The van der Waals surface area contributed by atoms with Gasteiger partial charge in [-0.3, -0.25) is 9.59 Å². The Kier molecular flexibility index (Phi) is 5.14. The molecule has 1 aromatic heterocycles. The monoisotopic (exact) mass is 350 g/mol. The summed E-state index contributed by atoms with van der Waals surface area (Å²) in [5.74, 6) is 0.463. The number of rotatable bonds is 5. The molecule has 0 atom stereocenters. The van der Waals surface area contributed by atoms with Gasteiger partial charge in [-0.1, -0.05) is 18.2 Å². The molecule has 26 heavy (non-hydrogen) atoms. The fourth-order valence-electron chi connectivity index (χ4n) is 2.75. The molecular formula is C20H22N4O2. The molecule has 0 aliphatic rings. The van der Waals surface area contributed by atoms with E-state index in [4.69, 9.17) is 0 Å². The Labute approximate surface area is 151 Å². The van der Waals surface area contributed by atoms with Crippen LogP contribution in [-0.4, -0.2) is 48.0 Å². The SMILES string of the molecule is Cc1cc(=O)[nH]c(-c2ccc3cc(C(=O)NCCN(C)C)ccc3c2)n1. The van der Waals surface area contributed by atoms with Crippen LogP contribution >= 0.6 is 0 Å². The first kappa shape index (κ1) is 17.8. The molecule has 3 rings (SSSR count). The lowest BCUT2D eigenvalue weighted by Gasteiger charge is -2.11. The van der Waals surface area contributed by atoms with Gasteiger partial charge in [0.05, 0.1) is 0 Å². The Hall–Kier alpha value is -2.99. The van der Waals surface area contributed by atoms with E-state index in [-0.39, 0.29) is 11.5 Å². The summed E-state index contributed by atoms with van der Waals surface area (Å²) in [6.45, 7) is 3.19. The molecule has 0 spiro atoms. The van der Waals surface area contributed by atoms with Crippen molar-refractivity contribution in [2.24, 2.45) is 0 Å². The average Bonchev–Trinajstić information content (AvgIpc) is 2.59. The normalized spacial score (nSPS) is 11.1. The van der Waals surface area contributed by atoms with Gasteiger partial charge >= 0.3 is 0 Å². The second-order valence-corrected chi connectivity index (χ2v) is 6.57. The number of fused-ring (bicyclic) bond motifs is 1. The zero-order chi connectivity index (χ0) is 18.7. The summed E-state index contributed by atoms with van der Waals surface area (Å²) >= 11 is 0. The molecule has 0 saturated carbocycles. The summed E-state index contributed by atoms with van der Waals surface area (Å²) in [4.78, 5) is 33.1. The molecule has 2 N–H and O–H groups in total. The van der Waals surface area contributed by atoms with Crippen molar-refractivity contribution < 1.29 is 4.79 Å². The number of hydrogen-bond acceptors (Lipinski definition) is 4. The zero-order valence-electron chi connectivity index (χ0n) is 15.2. The Balaban J connectivity index is 1.86. The second kappa shape index (κ2) is 7.49. The minimum atomic E-state index is -0.169. The first-order chi connectivity index (χ1) is 12.4. The smallest absolute Gasteiger partial charge is 0.251 e. The van der Waals surface area contributed by atoms with Crippen LogP contribution in [0.5, 0.6) is 0 Å². The van der Waals surface area contributed by atoms with Crippen LogP contribution < -0.4 is 10.9 Å². The molecule has 0 saturated heterocycles. The number of aryl methyl sites for hydroxylation is 1. The van der Waals surface area contributed by atoms with E-state index in [9.17, 15) is 9.59 Å². The first-order valence-corrected chi connectivity index (χ1v) is 8.47. The highest BCUT2D eigenvalue weighted by Crippen LogP contribution is 2.22. The van der Waals surface area contributed by atoms with Gasteiger partial charge in [-0.05, 0) is 50.0 Å².